The van der Waals surface area contributed by atoms with Crippen molar-refractivity contribution >= 4 is 53.2 Å². The number of carboxylic acids is 3. The topological polar surface area (TPSA) is 170 Å². The van der Waals surface area contributed by atoms with E-state index in [1.54, 1.807) is 18.0 Å². The molecule has 0 rings (SSSR count). The van der Waals surface area contributed by atoms with Gasteiger partial charge in [-0.05, 0) is 18.9 Å². The van der Waals surface area contributed by atoms with Crippen LogP contribution in [0.1, 0.15) is 67.2 Å². The standard InChI is InChI=1S/C11H18N2O6S.C4H8O2S.3C2H6/c1-20-6-7(11(19)12-5-10(17)18)13-8(14)3-2-4-9(15)16;1-7-3-2-4(5)6;3*1-2/h7H,2-6H2,1H3,(H,12,19)(H,13,14)(H,15,16)(H,17,18);2-3H2,1H3,(H,5,6);3*1-2H3/t7-;;;;/m0..../s1. The van der Waals surface area contributed by atoms with Crippen LogP contribution in [0.2, 0.25) is 0 Å². The monoisotopic (exact) mass is 516 g/mol. The van der Waals surface area contributed by atoms with Crippen LogP contribution in [0.25, 0.3) is 0 Å². The number of amides is 2. The first kappa shape index (κ1) is 41.3. The lowest BCUT2D eigenvalue weighted by molar-refractivity contribution is -0.138. The fourth-order valence-electron chi connectivity index (χ4n) is 1.49. The van der Waals surface area contributed by atoms with E-state index in [2.05, 4.69) is 10.6 Å². The highest BCUT2D eigenvalue weighted by molar-refractivity contribution is 7.98. The van der Waals surface area contributed by atoms with Gasteiger partial charge in [-0.15, -0.1) is 0 Å². The molecule has 0 aliphatic rings. The van der Waals surface area contributed by atoms with Gasteiger partial charge in [0, 0.05) is 24.3 Å². The lowest BCUT2D eigenvalue weighted by Gasteiger charge is -2.16. The van der Waals surface area contributed by atoms with Crippen LogP contribution in [-0.4, -0.2) is 81.6 Å². The summed E-state index contributed by atoms with van der Waals surface area (Å²) in [5.41, 5.74) is 0. The lowest BCUT2D eigenvalue weighted by atomic mass is 10.2. The minimum atomic E-state index is -1.17. The van der Waals surface area contributed by atoms with Gasteiger partial charge in [-0.2, -0.15) is 23.5 Å². The van der Waals surface area contributed by atoms with Gasteiger partial charge in [-0.1, -0.05) is 41.5 Å². The number of rotatable bonds is 13. The molecular weight excluding hydrogens is 472 g/mol. The SMILES string of the molecule is CC.CC.CC.CSCCC(=O)O.CSC[C@H](NC(=O)CCCC(=O)O)C(=O)NCC(=O)O. The number of carbonyl (C=O) groups excluding carboxylic acids is 2. The first-order valence-corrected chi connectivity index (χ1v) is 13.6. The molecule has 0 aliphatic carbocycles. The third-order valence-electron chi connectivity index (χ3n) is 2.71. The fraction of sp³-hybridized carbons (Fsp3) is 0.762. The van der Waals surface area contributed by atoms with Gasteiger partial charge < -0.3 is 26.0 Å². The quantitative estimate of drug-likeness (QED) is 0.245. The van der Waals surface area contributed by atoms with Gasteiger partial charge in [-0.25, -0.2) is 0 Å². The maximum atomic E-state index is 11.7. The van der Waals surface area contributed by atoms with Crippen molar-refractivity contribution in [3.63, 3.8) is 0 Å². The minimum Gasteiger partial charge on any atom is -0.481 e. The maximum absolute atomic E-state index is 11.7. The summed E-state index contributed by atoms with van der Waals surface area (Å²) in [5.74, 6) is -2.86. The van der Waals surface area contributed by atoms with Crippen LogP contribution in [0.4, 0.5) is 0 Å². The molecule has 33 heavy (non-hydrogen) atoms. The van der Waals surface area contributed by atoms with Crippen molar-refractivity contribution in [1.82, 2.24) is 10.6 Å². The van der Waals surface area contributed by atoms with E-state index in [0.29, 0.717) is 5.75 Å². The van der Waals surface area contributed by atoms with E-state index in [1.165, 1.54) is 11.8 Å². The Kier molecular flexibility index (Phi) is 43.4. The summed E-state index contributed by atoms with van der Waals surface area (Å²) in [6, 6.07) is -0.832. The molecular formula is C21H44N2O8S2. The number of nitrogens with one attached hydrogen (secondary N) is 2. The van der Waals surface area contributed by atoms with Crippen molar-refractivity contribution in [1.29, 1.82) is 0 Å². The average Bonchev–Trinajstić information content (AvgIpc) is 2.80. The van der Waals surface area contributed by atoms with E-state index in [-0.39, 0.29) is 25.7 Å². The fourth-order valence-corrected chi connectivity index (χ4v) is 2.44. The predicted molar refractivity (Wildman–Crippen MR) is 137 cm³/mol. The smallest absolute Gasteiger partial charge is 0.322 e. The average molecular weight is 517 g/mol. The highest BCUT2D eigenvalue weighted by atomic mass is 32.2. The molecule has 0 saturated carbocycles. The van der Waals surface area contributed by atoms with Crippen molar-refractivity contribution in [2.45, 2.75) is 73.3 Å². The summed E-state index contributed by atoms with van der Waals surface area (Å²) in [6.07, 6.45) is 3.98. The van der Waals surface area contributed by atoms with Crippen molar-refractivity contribution in [3.8, 4) is 0 Å². The molecule has 0 radical (unpaired) electrons. The van der Waals surface area contributed by atoms with Crippen molar-refractivity contribution in [3.05, 3.63) is 0 Å². The third kappa shape index (κ3) is 40.9. The van der Waals surface area contributed by atoms with Crippen LogP contribution in [0.5, 0.6) is 0 Å². The Bertz CT molecular complexity index is 507. The molecule has 0 spiro atoms. The van der Waals surface area contributed by atoms with Crippen molar-refractivity contribution in [2.75, 3.05) is 30.6 Å². The highest BCUT2D eigenvalue weighted by Gasteiger charge is 2.20. The molecule has 0 saturated heterocycles. The summed E-state index contributed by atoms with van der Waals surface area (Å²) >= 11 is 2.88. The van der Waals surface area contributed by atoms with Gasteiger partial charge >= 0.3 is 17.9 Å². The summed E-state index contributed by atoms with van der Waals surface area (Å²) < 4.78 is 0. The summed E-state index contributed by atoms with van der Waals surface area (Å²) in [7, 11) is 0. The van der Waals surface area contributed by atoms with E-state index in [4.69, 9.17) is 15.3 Å². The van der Waals surface area contributed by atoms with Crippen LogP contribution < -0.4 is 10.6 Å². The molecule has 0 aromatic heterocycles. The Balaban J connectivity index is -0.000000167. The first-order valence-electron chi connectivity index (χ1n) is 10.8. The number of thioether (sulfide) groups is 2. The maximum Gasteiger partial charge on any atom is 0.322 e. The van der Waals surface area contributed by atoms with Gasteiger partial charge in [0.25, 0.3) is 0 Å². The Morgan fingerprint density at radius 3 is 1.55 bits per heavy atom. The van der Waals surface area contributed by atoms with Gasteiger partial charge in [-0.3, -0.25) is 24.0 Å². The zero-order chi connectivity index (χ0) is 27.2. The predicted octanol–water partition coefficient (Wildman–Crippen LogP) is 3.19. The Hall–Kier alpha value is -1.95. The van der Waals surface area contributed by atoms with Crippen LogP contribution in [-0.2, 0) is 24.0 Å². The molecule has 12 heteroatoms. The first-order chi connectivity index (χ1) is 15.6. The van der Waals surface area contributed by atoms with Crippen molar-refractivity contribution in [2.24, 2.45) is 0 Å². The van der Waals surface area contributed by atoms with Gasteiger partial charge in [0.2, 0.25) is 11.8 Å². The molecule has 0 bridgehead atoms. The largest absolute Gasteiger partial charge is 0.481 e. The molecule has 0 unspecified atom stereocenters. The molecule has 0 heterocycles. The molecule has 0 aliphatic heterocycles. The molecule has 5 N–H and O–H groups in total. The number of aliphatic carboxylic acids is 3. The molecule has 0 aromatic rings. The van der Waals surface area contributed by atoms with Gasteiger partial charge in [0.1, 0.15) is 12.6 Å². The number of hydrogen-bond acceptors (Lipinski definition) is 7. The van der Waals surface area contributed by atoms with Crippen molar-refractivity contribution < 1.29 is 39.3 Å². The molecule has 0 aromatic carbocycles. The number of carbonyl (C=O) groups is 5. The summed E-state index contributed by atoms with van der Waals surface area (Å²) in [5, 5.41) is 29.6. The van der Waals surface area contributed by atoms with E-state index in [9.17, 15) is 24.0 Å². The van der Waals surface area contributed by atoms with Crippen LogP contribution in [0.15, 0.2) is 0 Å². The van der Waals surface area contributed by atoms with Gasteiger partial charge in [0.05, 0.1) is 6.42 Å². The Labute approximate surface area is 207 Å². The van der Waals surface area contributed by atoms with Gasteiger partial charge in [0.15, 0.2) is 0 Å². The lowest BCUT2D eigenvalue weighted by Crippen LogP contribution is -2.49. The minimum absolute atomic E-state index is 0.00336. The summed E-state index contributed by atoms with van der Waals surface area (Å²) in [4.78, 5) is 53.6. The summed E-state index contributed by atoms with van der Waals surface area (Å²) in [6.45, 7) is 11.5. The second-order valence-electron chi connectivity index (χ2n) is 5.07. The highest BCUT2D eigenvalue weighted by Crippen LogP contribution is 2.01. The number of carboxylic acid groups (broad SMARTS) is 3. The van der Waals surface area contributed by atoms with E-state index in [1.807, 2.05) is 47.8 Å². The molecule has 10 nitrogen and oxygen atoms in total. The van der Waals surface area contributed by atoms with E-state index >= 15 is 0 Å². The van der Waals surface area contributed by atoms with E-state index in [0.717, 1.165) is 5.75 Å². The van der Waals surface area contributed by atoms with Crippen LogP contribution >= 0.6 is 23.5 Å². The molecule has 0 fully saturated rings. The normalized spacial score (nSPS) is 9.33. The zero-order valence-corrected chi connectivity index (χ0v) is 22.9. The Morgan fingerprint density at radius 2 is 1.21 bits per heavy atom. The van der Waals surface area contributed by atoms with E-state index < -0.39 is 42.3 Å². The second kappa shape index (κ2) is 34.7. The molecule has 198 valence electrons. The molecule has 1 atom stereocenters. The van der Waals surface area contributed by atoms with Crippen LogP contribution in [0.3, 0.4) is 0 Å². The Morgan fingerprint density at radius 1 is 0.727 bits per heavy atom. The van der Waals surface area contributed by atoms with Crippen LogP contribution in [0, 0.1) is 0 Å². The second-order valence-corrected chi connectivity index (χ2v) is 6.97. The third-order valence-corrected chi connectivity index (χ3v) is 3.99. The molecule has 2 amide bonds. The number of hydrogen-bond donors (Lipinski definition) is 5. The zero-order valence-electron chi connectivity index (χ0n) is 21.2.